The van der Waals surface area contributed by atoms with E-state index < -0.39 is 23.7 Å². The highest BCUT2D eigenvalue weighted by atomic mass is 127. The summed E-state index contributed by atoms with van der Waals surface area (Å²) < 4.78 is 6.93. The average molecular weight is 645 g/mol. The molecule has 1 N–H and O–H groups in total. The summed E-state index contributed by atoms with van der Waals surface area (Å²) in [5, 5.41) is 10.1. The Balaban J connectivity index is 1.33. The van der Waals surface area contributed by atoms with Crippen LogP contribution in [0.2, 0.25) is 0 Å². The Labute approximate surface area is 244 Å². The SMILES string of the molecule is CC1=CC(=O)C2=C(CC3C(=CCC4C(=O)N(c5ccc(I)cc5)C(=O)C43)C2C2=COc3ccc(O)cc3C2)C1=O. The van der Waals surface area contributed by atoms with Crippen LogP contribution in [-0.2, 0) is 25.6 Å². The summed E-state index contributed by atoms with van der Waals surface area (Å²) in [6.07, 6.45) is 6.06. The van der Waals surface area contributed by atoms with Gasteiger partial charge in [-0.2, -0.15) is 0 Å². The zero-order valence-electron chi connectivity index (χ0n) is 21.5. The molecule has 1 saturated heterocycles. The number of hydrogen-bond donors (Lipinski definition) is 1. The molecular formula is C32H24INO6. The molecule has 0 bridgehead atoms. The standard InChI is InChI=1S/C32H24INO6/c1-15-10-25(36)29-24(30(15)37)13-23-21(27(29)17-11-16-12-20(35)6-9-26(16)40-14-17)7-8-22-28(23)32(39)34(31(22)38)19-4-2-18(33)3-5-19/h2-7,9-10,12,14,22-23,27-28,35H,8,11,13H2,1H3. The molecule has 1 fully saturated rings. The predicted octanol–water partition coefficient (Wildman–Crippen LogP) is 4.98. The quantitative estimate of drug-likeness (QED) is 0.214. The Hall–Kier alpha value is -3.79. The number of amides is 2. The molecule has 40 heavy (non-hydrogen) atoms. The van der Waals surface area contributed by atoms with Gasteiger partial charge in [0, 0.05) is 38.2 Å². The summed E-state index contributed by atoms with van der Waals surface area (Å²) in [6.45, 7) is 1.64. The molecule has 200 valence electrons. The molecule has 0 radical (unpaired) electrons. The van der Waals surface area contributed by atoms with Crippen molar-refractivity contribution >= 4 is 51.7 Å². The minimum Gasteiger partial charge on any atom is -0.508 e. The molecule has 7 rings (SSSR count). The van der Waals surface area contributed by atoms with Gasteiger partial charge >= 0.3 is 0 Å². The van der Waals surface area contributed by atoms with Crippen LogP contribution in [-0.4, -0.2) is 28.5 Å². The fraction of sp³-hybridized carbons (Fsp3) is 0.250. The predicted molar refractivity (Wildman–Crippen MR) is 154 cm³/mol. The summed E-state index contributed by atoms with van der Waals surface area (Å²) in [5.74, 6) is -2.27. The van der Waals surface area contributed by atoms with E-state index >= 15 is 0 Å². The molecule has 2 aromatic carbocycles. The number of Topliss-reactive ketones (excluding diaryl/α,β-unsaturated/α-hetero) is 1. The van der Waals surface area contributed by atoms with Crippen LogP contribution < -0.4 is 9.64 Å². The van der Waals surface area contributed by atoms with Gasteiger partial charge in [-0.05, 0) is 102 Å². The Morgan fingerprint density at radius 3 is 2.55 bits per heavy atom. The van der Waals surface area contributed by atoms with Crippen molar-refractivity contribution in [2.45, 2.75) is 26.2 Å². The number of ketones is 2. The number of carbonyl (C=O) groups excluding carboxylic acids is 4. The number of aromatic hydroxyl groups is 1. The molecule has 2 heterocycles. The number of rotatable bonds is 2. The lowest BCUT2D eigenvalue weighted by Crippen LogP contribution is -2.41. The van der Waals surface area contributed by atoms with Crippen molar-refractivity contribution in [3.8, 4) is 11.5 Å². The maximum atomic E-state index is 14.0. The zero-order valence-corrected chi connectivity index (χ0v) is 23.7. The number of carbonyl (C=O) groups is 4. The number of anilines is 1. The van der Waals surface area contributed by atoms with Gasteiger partial charge in [-0.25, -0.2) is 0 Å². The molecule has 0 spiro atoms. The van der Waals surface area contributed by atoms with Crippen molar-refractivity contribution in [3.63, 3.8) is 0 Å². The van der Waals surface area contributed by atoms with Crippen molar-refractivity contribution in [2.75, 3.05) is 4.90 Å². The first-order chi connectivity index (χ1) is 19.2. The first kappa shape index (κ1) is 25.2. The van der Waals surface area contributed by atoms with Gasteiger partial charge in [0.1, 0.15) is 11.5 Å². The second-order valence-electron chi connectivity index (χ2n) is 11.0. The van der Waals surface area contributed by atoms with Gasteiger partial charge in [0.05, 0.1) is 23.8 Å². The van der Waals surface area contributed by atoms with E-state index in [1.54, 1.807) is 43.5 Å². The first-order valence-corrected chi connectivity index (χ1v) is 14.3. The second kappa shape index (κ2) is 9.12. The van der Waals surface area contributed by atoms with E-state index in [2.05, 4.69) is 22.6 Å². The summed E-state index contributed by atoms with van der Waals surface area (Å²) in [5.41, 5.74) is 4.21. The Kier molecular flexibility index (Phi) is 5.75. The molecule has 2 aromatic rings. The van der Waals surface area contributed by atoms with Gasteiger partial charge in [-0.3, -0.25) is 24.1 Å². The van der Waals surface area contributed by atoms with Crippen LogP contribution in [0.25, 0.3) is 0 Å². The van der Waals surface area contributed by atoms with Gasteiger partial charge in [0.25, 0.3) is 0 Å². The molecule has 4 unspecified atom stereocenters. The van der Waals surface area contributed by atoms with Gasteiger partial charge in [0.2, 0.25) is 11.8 Å². The number of halogens is 1. The lowest BCUT2D eigenvalue weighted by molar-refractivity contribution is -0.123. The molecule has 8 heteroatoms. The zero-order chi connectivity index (χ0) is 27.9. The molecule has 4 atom stereocenters. The van der Waals surface area contributed by atoms with Crippen molar-refractivity contribution < 1.29 is 29.0 Å². The minimum atomic E-state index is -0.626. The van der Waals surface area contributed by atoms with Gasteiger partial charge in [0.15, 0.2) is 11.6 Å². The smallest absolute Gasteiger partial charge is 0.238 e. The van der Waals surface area contributed by atoms with E-state index in [9.17, 15) is 24.3 Å². The molecule has 0 saturated carbocycles. The lowest BCUT2D eigenvalue weighted by atomic mass is 9.58. The molecule has 3 aliphatic carbocycles. The molecule has 2 aliphatic heterocycles. The number of nitrogens with zero attached hydrogens (tertiary/aromatic N) is 1. The topological polar surface area (TPSA) is 101 Å². The third-order valence-electron chi connectivity index (χ3n) is 8.79. The molecular weight excluding hydrogens is 621 g/mol. The van der Waals surface area contributed by atoms with Crippen molar-refractivity contribution in [2.24, 2.45) is 23.7 Å². The van der Waals surface area contributed by atoms with E-state index in [0.717, 1.165) is 20.3 Å². The van der Waals surface area contributed by atoms with Crippen LogP contribution in [0.4, 0.5) is 5.69 Å². The highest BCUT2D eigenvalue weighted by Crippen LogP contribution is 2.55. The maximum Gasteiger partial charge on any atom is 0.238 e. The summed E-state index contributed by atoms with van der Waals surface area (Å²) >= 11 is 2.18. The van der Waals surface area contributed by atoms with Gasteiger partial charge in [-0.15, -0.1) is 0 Å². The summed E-state index contributed by atoms with van der Waals surface area (Å²) in [4.78, 5) is 55.8. The molecule has 2 amide bonds. The third kappa shape index (κ3) is 3.68. The number of ether oxygens (including phenoxy) is 1. The fourth-order valence-electron chi connectivity index (χ4n) is 7.04. The Morgan fingerprint density at radius 2 is 1.77 bits per heavy atom. The number of phenolic OH excluding ortho intramolecular Hbond substituents is 1. The van der Waals surface area contributed by atoms with Crippen LogP contribution >= 0.6 is 22.6 Å². The fourth-order valence-corrected chi connectivity index (χ4v) is 7.40. The average Bonchev–Trinajstić information content (AvgIpc) is 3.20. The van der Waals surface area contributed by atoms with Crippen LogP contribution in [0.3, 0.4) is 0 Å². The van der Waals surface area contributed by atoms with E-state index in [4.69, 9.17) is 4.74 Å². The first-order valence-electron chi connectivity index (χ1n) is 13.2. The van der Waals surface area contributed by atoms with Crippen molar-refractivity contribution in [1.82, 2.24) is 0 Å². The number of benzene rings is 2. The summed E-state index contributed by atoms with van der Waals surface area (Å²) in [6, 6.07) is 12.2. The van der Waals surface area contributed by atoms with E-state index in [1.807, 2.05) is 18.2 Å². The molecule has 0 aromatic heterocycles. The van der Waals surface area contributed by atoms with Gasteiger partial charge in [-0.1, -0.05) is 11.6 Å². The normalized spacial score (nSPS) is 27.2. The van der Waals surface area contributed by atoms with Crippen molar-refractivity contribution in [1.29, 1.82) is 0 Å². The third-order valence-corrected chi connectivity index (χ3v) is 9.51. The number of imide groups is 1. The monoisotopic (exact) mass is 645 g/mol. The Bertz CT molecular complexity index is 1680. The van der Waals surface area contributed by atoms with Crippen LogP contribution in [0, 0.1) is 27.2 Å². The van der Waals surface area contributed by atoms with Crippen LogP contribution in [0.5, 0.6) is 11.5 Å². The Morgan fingerprint density at radius 1 is 1.00 bits per heavy atom. The number of phenols is 1. The van der Waals surface area contributed by atoms with Crippen molar-refractivity contribution in [3.05, 3.63) is 97.9 Å². The van der Waals surface area contributed by atoms with E-state index in [-0.39, 0.29) is 35.6 Å². The van der Waals surface area contributed by atoms with Gasteiger partial charge < -0.3 is 9.84 Å². The van der Waals surface area contributed by atoms with Crippen LogP contribution in [0.1, 0.15) is 25.3 Å². The number of fused-ring (bicyclic) bond motifs is 4. The highest BCUT2D eigenvalue weighted by molar-refractivity contribution is 14.1. The maximum absolute atomic E-state index is 14.0. The largest absolute Gasteiger partial charge is 0.508 e. The minimum absolute atomic E-state index is 0.109. The van der Waals surface area contributed by atoms with E-state index in [0.29, 0.717) is 41.0 Å². The summed E-state index contributed by atoms with van der Waals surface area (Å²) in [7, 11) is 0. The van der Waals surface area contributed by atoms with E-state index in [1.165, 1.54) is 11.0 Å². The number of allylic oxidation sites excluding steroid dienone is 7. The highest BCUT2D eigenvalue weighted by Gasteiger charge is 2.57. The molecule has 5 aliphatic rings. The lowest BCUT2D eigenvalue weighted by Gasteiger charge is -2.43. The van der Waals surface area contributed by atoms with Crippen LogP contribution in [0.15, 0.2) is 88.7 Å². The molecule has 7 nitrogen and oxygen atoms in total. The number of hydrogen-bond acceptors (Lipinski definition) is 6. The second-order valence-corrected chi connectivity index (χ2v) is 12.2.